The molecular formula is C13H16BrN3O. The Balaban J connectivity index is 2.03. The predicted molar refractivity (Wildman–Crippen MR) is 74.5 cm³/mol. The summed E-state index contributed by atoms with van der Waals surface area (Å²) in [4.78, 5) is 7.33. The lowest BCUT2D eigenvalue weighted by molar-refractivity contribution is 0.405. The summed E-state index contributed by atoms with van der Waals surface area (Å²) in [5, 5.41) is 3.41. The van der Waals surface area contributed by atoms with Gasteiger partial charge in [0.15, 0.2) is 0 Å². The molecule has 1 aromatic heterocycles. The van der Waals surface area contributed by atoms with Gasteiger partial charge in [0, 0.05) is 29.0 Å². The monoisotopic (exact) mass is 309 g/mol. The van der Waals surface area contributed by atoms with Crippen LogP contribution in [0, 0.1) is 0 Å². The molecule has 0 bridgehead atoms. The van der Waals surface area contributed by atoms with Crippen LogP contribution in [0.2, 0.25) is 0 Å². The van der Waals surface area contributed by atoms with Crippen molar-refractivity contribution in [2.24, 2.45) is 0 Å². The normalized spacial score (nSPS) is 12.4. The molecule has 2 aromatic rings. The topological polar surface area (TPSA) is 49.9 Å². The van der Waals surface area contributed by atoms with Gasteiger partial charge >= 0.3 is 0 Å². The summed E-state index contributed by atoms with van der Waals surface area (Å²) in [5.74, 6) is 1.82. The highest BCUT2D eigenvalue weighted by Gasteiger charge is 2.09. The fourth-order valence-corrected chi connectivity index (χ4v) is 2.17. The van der Waals surface area contributed by atoms with Gasteiger partial charge < -0.3 is 15.0 Å². The SMILES string of the molecule is COc1ccc(Br)cc1CNC(C)c1ncc[nH]1. The van der Waals surface area contributed by atoms with Crippen LogP contribution in [0.5, 0.6) is 5.75 Å². The van der Waals surface area contributed by atoms with E-state index in [1.54, 1.807) is 13.3 Å². The lowest BCUT2D eigenvalue weighted by atomic mass is 10.2. The number of hydrogen-bond donors (Lipinski definition) is 2. The summed E-state index contributed by atoms with van der Waals surface area (Å²) in [6, 6.07) is 6.15. The smallest absolute Gasteiger partial charge is 0.123 e. The fraction of sp³-hybridized carbons (Fsp3) is 0.308. The molecule has 0 aliphatic rings. The zero-order valence-corrected chi connectivity index (χ0v) is 12.0. The molecule has 0 aliphatic carbocycles. The van der Waals surface area contributed by atoms with Crippen molar-refractivity contribution in [1.29, 1.82) is 0 Å². The third kappa shape index (κ3) is 3.11. The molecule has 1 unspecified atom stereocenters. The highest BCUT2D eigenvalue weighted by molar-refractivity contribution is 9.10. The maximum Gasteiger partial charge on any atom is 0.123 e. The van der Waals surface area contributed by atoms with E-state index in [1.807, 2.05) is 18.3 Å². The molecule has 0 spiro atoms. The number of hydrogen-bond acceptors (Lipinski definition) is 3. The zero-order chi connectivity index (χ0) is 13.0. The van der Waals surface area contributed by atoms with E-state index in [4.69, 9.17) is 4.74 Å². The number of rotatable bonds is 5. The summed E-state index contributed by atoms with van der Waals surface area (Å²) in [7, 11) is 1.68. The second-order valence-electron chi connectivity index (χ2n) is 4.03. The largest absolute Gasteiger partial charge is 0.496 e. The van der Waals surface area contributed by atoms with E-state index in [2.05, 4.69) is 44.2 Å². The summed E-state index contributed by atoms with van der Waals surface area (Å²) >= 11 is 3.47. The molecule has 0 saturated heterocycles. The Morgan fingerprint density at radius 1 is 1.50 bits per heavy atom. The van der Waals surface area contributed by atoms with Crippen LogP contribution in [0.3, 0.4) is 0 Å². The molecule has 0 aliphatic heterocycles. The van der Waals surface area contributed by atoms with E-state index in [0.29, 0.717) is 0 Å². The molecule has 18 heavy (non-hydrogen) atoms. The van der Waals surface area contributed by atoms with Crippen LogP contribution in [0.15, 0.2) is 35.1 Å². The Kier molecular flexibility index (Phi) is 4.38. The molecule has 2 rings (SSSR count). The minimum absolute atomic E-state index is 0.170. The number of halogens is 1. The molecule has 0 amide bonds. The first-order chi connectivity index (χ1) is 8.70. The van der Waals surface area contributed by atoms with Gasteiger partial charge in [-0.3, -0.25) is 0 Å². The van der Waals surface area contributed by atoms with Gasteiger partial charge in [-0.15, -0.1) is 0 Å². The molecule has 96 valence electrons. The molecule has 2 N–H and O–H groups in total. The molecule has 0 fully saturated rings. The highest BCUT2D eigenvalue weighted by atomic mass is 79.9. The number of ether oxygens (including phenoxy) is 1. The third-order valence-electron chi connectivity index (χ3n) is 2.77. The standard InChI is InChI=1S/C13H16BrN3O/c1-9(13-15-5-6-16-13)17-8-10-7-11(14)3-4-12(10)18-2/h3-7,9,17H,8H2,1-2H3,(H,15,16). The number of imidazole rings is 1. The maximum atomic E-state index is 5.34. The highest BCUT2D eigenvalue weighted by Crippen LogP contribution is 2.23. The van der Waals surface area contributed by atoms with Crippen LogP contribution in [0.25, 0.3) is 0 Å². The first-order valence-electron chi connectivity index (χ1n) is 5.76. The number of methoxy groups -OCH3 is 1. The second kappa shape index (κ2) is 6.02. The van der Waals surface area contributed by atoms with Crippen molar-refractivity contribution in [1.82, 2.24) is 15.3 Å². The van der Waals surface area contributed by atoms with Crippen LogP contribution in [0.4, 0.5) is 0 Å². The van der Waals surface area contributed by atoms with E-state index in [-0.39, 0.29) is 6.04 Å². The van der Waals surface area contributed by atoms with Gasteiger partial charge in [-0.25, -0.2) is 4.98 Å². The first-order valence-corrected chi connectivity index (χ1v) is 6.55. The van der Waals surface area contributed by atoms with E-state index < -0.39 is 0 Å². The molecule has 1 atom stereocenters. The molecule has 5 heteroatoms. The van der Waals surface area contributed by atoms with Crippen LogP contribution in [-0.2, 0) is 6.54 Å². The number of aromatic amines is 1. The van der Waals surface area contributed by atoms with Gasteiger partial charge in [0.2, 0.25) is 0 Å². The van der Waals surface area contributed by atoms with Crippen molar-refractivity contribution in [3.8, 4) is 5.75 Å². The van der Waals surface area contributed by atoms with Crippen LogP contribution < -0.4 is 10.1 Å². The van der Waals surface area contributed by atoms with E-state index in [1.165, 1.54) is 0 Å². The van der Waals surface area contributed by atoms with E-state index >= 15 is 0 Å². The van der Waals surface area contributed by atoms with E-state index in [0.717, 1.165) is 28.2 Å². The Labute approximate surface area is 115 Å². The minimum atomic E-state index is 0.170. The summed E-state index contributed by atoms with van der Waals surface area (Å²) in [6.07, 6.45) is 3.58. The molecule has 0 saturated carbocycles. The average Bonchev–Trinajstić information content (AvgIpc) is 2.90. The number of nitrogens with zero attached hydrogens (tertiary/aromatic N) is 1. The first kappa shape index (κ1) is 13.1. The summed E-state index contributed by atoms with van der Waals surface area (Å²) in [5.41, 5.74) is 1.12. The van der Waals surface area contributed by atoms with Gasteiger partial charge in [-0.1, -0.05) is 15.9 Å². The molecular weight excluding hydrogens is 294 g/mol. The number of nitrogens with one attached hydrogen (secondary N) is 2. The van der Waals surface area contributed by atoms with Crippen molar-refractivity contribution >= 4 is 15.9 Å². The van der Waals surface area contributed by atoms with Crippen LogP contribution >= 0.6 is 15.9 Å². The van der Waals surface area contributed by atoms with Crippen molar-refractivity contribution in [2.75, 3.05) is 7.11 Å². The number of H-pyrrole nitrogens is 1. The van der Waals surface area contributed by atoms with Gasteiger partial charge in [-0.2, -0.15) is 0 Å². The molecule has 4 nitrogen and oxygen atoms in total. The lowest BCUT2D eigenvalue weighted by Gasteiger charge is -2.14. The van der Waals surface area contributed by atoms with Crippen LogP contribution in [-0.4, -0.2) is 17.1 Å². The summed E-state index contributed by atoms with van der Waals surface area (Å²) < 4.78 is 6.39. The quantitative estimate of drug-likeness (QED) is 0.892. The van der Waals surface area contributed by atoms with Gasteiger partial charge in [0.05, 0.1) is 13.2 Å². The number of benzene rings is 1. The van der Waals surface area contributed by atoms with Gasteiger partial charge in [0.1, 0.15) is 11.6 Å². The van der Waals surface area contributed by atoms with Crippen molar-refractivity contribution in [2.45, 2.75) is 19.5 Å². The Bertz CT molecular complexity index is 499. The van der Waals surface area contributed by atoms with Crippen molar-refractivity contribution in [3.05, 3.63) is 46.5 Å². The Morgan fingerprint density at radius 2 is 2.33 bits per heavy atom. The second-order valence-corrected chi connectivity index (χ2v) is 4.95. The average molecular weight is 310 g/mol. The molecule has 1 aromatic carbocycles. The summed E-state index contributed by atoms with van der Waals surface area (Å²) in [6.45, 7) is 2.80. The lowest BCUT2D eigenvalue weighted by Crippen LogP contribution is -2.19. The Hall–Kier alpha value is -1.33. The fourth-order valence-electron chi connectivity index (χ4n) is 1.76. The number of aromatic nitrogens is 2. The van der Waals surface area contributed by atoms with E-state index in [9.17, 15) is 0 Å². The van der Waals surface area contributed by atoms with Crippen molar-refractivity contribution < 1.29 is 4.74 Å². The predicted octanol–water partition coefficient (Wildman–Crippen LogP) is 3.03. The molecule has 1 heterocycles. The Morgan fingerprint density at radius 3 is 3.00 bits per heavy atom. The van der Waals surface area contributed by atoms with Crippen molar-refractivity contribution in [3.63, 3.8) is 0 Å². The van der Waals surface area contributed by atoms with Gasteiger partial charge in [-0.05, 0) is 25.1 Å². The third-order valence-corrected chi connectivity index (χ3v) is 3.26. The molecule has 0 radical (unpaired) electrons. The zero-order valence-electron chi connectivity index (χ0n) is 10.4. The van der Waals surface area contributed by atoms with Crippen LogP contribution in [0.1, 0.15) is 24.4 Å². The maximum absolute atomic E-state index is 5.34. The van der Waals surface area contributed by atoms with Gasteiger partial charge in [0.25, 0.3) is 0 Å². The minimum Gasteiger partial charge on any atom is -0.496 e.